The fourth-order valence-corrected chi connectivity index (χ4v) is 2.35. The number of amides is 1. The van der Waals surface area contributed by atoms with E-state index in [0.29, 0.717) is 26.4 Å². The molecule has 2 N–H and O–H groups in total. The van der Waals surface area contributed by atoms with E-state index < -0.39 is 5.91 Å². The average molecular weight is 384 g/mol. The molecule has 0 saturated heterocycles. The van der Waals surface area contributed by atoms with Crippen molar-refractivity contribution in [2.24, 2.45) is 5.10 Å². The maximum atomic E-state index is 11.9. The minimum absolute atomic E-state index is 0.0635. The van der Waals surface area contributed by atoms with Gasteiger partial charge in [-0.25, -0.2) is 5.43 Å². The molecule has 2 rings (SSSR count). The zero-order chi connectivity index (χ0) is 16.1. The van der Waals surface area contributed by atoms with Crippen LogP contribution >= 0.6 is 27.5 Å². The van der Waals surface area contributed by atoms with Gasteiger partial charge in [-0.1, -0.05) is 33.6 Å². The van der Waals surface area contributed by atoms with Gasteiger partial charge < -0.3 is 9.84 Å². The van der Waals surface area contributed by atoms with Gasteiger partial charge in [0.2, 0.25) is 0 Å². The van der Waals surface area contributed by atoms with Gasteiger partial charge >= 0.3 is 0 Å². The average Bonchev–Trinajstić information content (AvgIpc) is 2.50. The molecule has 0 unspecified atom stereocenters. The zero-order valence-electron chi connectivity index (χ0n) is 11.5. The summed E-state index contributed by atoms with van der Waals surface area (Å²) in [6, 6.07) is 9.77. The third-order valence-electron chi connectivity index (χ3n) is 2.75. The molecular weight excluding hydrogens is 372 g/mol. The molecule has 0 aliphatic heterocycles. The summed E-state index contributed by atoms with van der Waals surface area (Å²) in [6.45, 7) is 0. The second-order valence-corrected chi connectivity index (χ2v) is 5.61. The number of hydrogen-bond donors (Lipinski definition) is 2. The first-order valence-electron chi connectivity index (χ1n) is 6.16. The molecule has 5 nitrogen and oxygen atoms in total. The van der Waals surface area contributed by atoms with E-state index in [4.69, 9.17) is 16.3 Å². The number of nitrogens with one attached hydrogen (secondary N) is 1. The van der Waals surface area contributed by atoms with Crippen LogP contribution in [0.5, 0.6) is 11.5 Å². The molecule has 0 aliphatic rings. The highest BCUT2D eigenvalue weighted by atomic mass is 79.9. The molecule has 0 heterocycles. The summed E-state index contributed by atoms with van der Waals surface area (Å²) in [7, 11) is 1.45. The van der Waals surface area contributed by atoms with Gasteiger partial charge in [0.15, 0.2) is 11.5 Å². The summed E-state index contributed by atoms with van der Waals surface area (Å²) >= 11 is 9.12. The smallest absolute Gasteiger partial charge is 0.271 e. The topological polar surface area (TPSA) is 70.9 Å². The van der Waals surface area contributed by atoms with E-state index in [-0.39, 0.29) is 5.75 Å². The number of halogens is 2. The number of aromatic hydroxyl groups is 1. The summed E-state index contributed by atoms with van der Waals surface area (Å²) < 4.78 is 5.75. The van der Waals surface area contributed by atoms with Crippen LogP contribution in [0, 0.1) is 0 Å². The second kappa shape index (κ2) is 7.29. The van der Waals surface area contributed by atoms with Gasteiger partial charge in [-0.15, -0.1) is 0 Å². The van der Waals surface area contributed by atoms with Crippen LogP contribution in [-0.4, -0.2) is 24.3 Å². The highest BCUT2D eigenvalue weighted by molar-refractivity contribution is 9.10. The van der Waals surface area contributed by atoms with Gasteiger partial charge in [0.1, 0.15) is 0 Å². The summed E-state index contributed by atoms with van der Waals surface area (Å²) in [6.07, 6.45) is 1.32. The summed E-state index contributed by atoms with van der Waals surface area (Å²) in [5, 5.41) is 14.2. The number of carbonyl (C=O) groups excluding carboxylic acids is 1. The van der Waals surface area contributed by atoms with Crippen molar-refractivity contribution in [3.05, 3.63) is 57.0 Å². The number of hydrazone groups is 1. The predicted octanol–water partition coefficient (Wildman–Crippen LogP) is 3.58. The minimum atomic E-state index is -0.403. The quantitative estimate of drug-likeness (QED) is 0.626. The van der Waals surface area contributed by atoms with Crippen molar-refractivity contribution >= 4 is 39.7 Å². The Bertz CT molecular complexity index is 735. The molecule has 0 saturated carbocycles. The fourth-order valence-electron chi connectivity index (χ4n) is 1.70. The molecule has 0 fully saturated rings. The van der Waals surface area contributed by atoms with Crippen molar-refractivity contribution in [1.29, 1.82) is 0 Å². The number of carbonyl (C=O) groups is 1. The molecule has 0 aliphatic carbocycles. The molecule has 1 amide bonds. The first-order chi connectivity index (χ1) is 10.5. The standard InChI is InChI=1S/C15H12BrClN2O3/c1-22-13-7-11(16)5-10(14(13)20)8-18-19-15(21)9-3-2-4-12(17)6-9/h2-8,20H,1H3,(H,19,21)/b18-8+. The van der Waals surface area contributed by atoms with Crippen LogP contribution in [0.25, 0.3) is 0 Å². The highest BCUT2D eigenvalue weighted by Gasteiger charge is 2.09. The van der Waals surface area contributed by atoms with Crippen molar-refractivity contribution in [2.45, 2.75) is 0 Å². The Balaban J connectivity index is 2.13. The van der Waals surface area contributed by atoms with Crippen LogP contribution in [0.2, 0.25) is 5.02 Å². The molecule has 0 spiro atoms. The van der Waals surface area contributed by atoms with Crippen molar-refractivity contribution in [3.8, 4) is 11.5 Å². The molecular formula is C15H12BrClN2O3. The Morgan fingerprint density at radius 3 is 2.86 bits per heavy atom. The Morgan fingerprint density at radius 2 is 2.18 bits per heavy atom. The van der Waals surface area contributed by atoms with E-state index in [0.717, 1.165) is 0 Å². The maximum Gasteiger partial charge on any atom is 0.271 e. The van der Waals surface area contributed by atoms with E-state index in [1.807, 2.05) is 0 Å². The zero-order valence-corrected chi connectivity index (χ0v) is 13.9. The Morgan fingerprint density at radius 1 is 1.41 bits per heavy atom. The lowest BCUT2D eigenvalue weighted by Gasteiger charge is -2.06. The van der Waals surface area contributed by atoms with Crippen molar-refractivity contribution in [3.63, 3.8) is 0 Å². The summed E-state index contributed by atoms with van der Waals surface area (Å²) in [5.74, 6) is -0.163. The molecule has 0 aromatic heterocycles. The maximum absolute atomic E-state index is 11.9. The van der Waals surface area contributed by atoms with Gasteiger partial charge in [0.05, 0.1) is 13.3 Å². The van der Waals surface area contributed by atoms with Crippen molar-refractivity contribution in [1.82, 2.24) is 5.43 Å². The number of benzene rings is 2. The van der Waals surface area contributed by atoms with Crippen LogP contribution < -0.4 is 10.2 Å². The molecule has 0 radical (unpaired) electrons. The first-order valence-corrected chi connectivity index (χ1v) is 7.34. The number of ether oxygens (including phenoxy) is 1. The molecule has 0 bridgehead atoms. The van der Waals surface area contributed by atoms with Gasteiger partial charge in [-0.05, 0) is 30.3 Å². The van der Waals surface area contributed by atoms with Crippen molar-refractivity contribution in [2.75, 3.05) is 7.11 Å². The third kappa shape index (κ3) is 3.99. The fraction of sp³-hybridized carbons (Fsp3) is 0.0667. The van der Waals surface area contributed by atoms with E-state index in [9.17, 15) is 9.90 Å². The molecule has 0 atom stereocenters. The number of methoxy groups -OCH3 is 1. The predicted molar refractivity (Wildman–Crippen MR) is 88.9 cm³/mol. The Labute approximate surface area is 140 Å². The van der Waals surface area contributed by atoms with Crippen LogP contribution in [0.3, 0.4) is 0 Å². The molecule has 114 valence electrons. The Hall–Kier alpha value is -2.05. The van der Waals surface area contributed by atoms with Crippen LogP contribution in [0.15, 0.2) is 46.0 Å². The van der Waals surface area contributed by atoms with Crippen LogP contribution in [-0.2, 0) is 0 Å². The number of phenols is 1. The lowest BCUT2D eigenvalue weighted by atomic mass is 10.2. The molecule has 7 heteroatoms. The first kappa shape index (κ1) is 16.3. The summed E-state index contributed by atoms with van der Waals surface area (Å²) in [4.78, 5) is 11.9. The third-order valence-corrected chi connectivity index (χ3v) is 3.44. The highest BCUT2D eigenvalue weighted by Crippen LogP contribution is 2.32. The van der Waals surface area contributed by atoms with Gasteiger partial charge in [0.25, 0.3) is 5.91 Å². The number of phenolic OH excluding ortho intramolecular Hbond substituents is 1. The van der Waals surface area contributed by atoms with Crippen LogP contribution in [0.1, 0.15) is 15.9 Å². The van der Waals surface area contributed by atoms with Gasteiger partial charge in [-0.2, -0.15) is 5.10 Å². The van der Waals surface area contributed by atoms with Crippen molar-refractivity contribution < 1.29 is 14.6 Å². The molecule has 2 aromatic carbocycles. The van der Waals surface area contributed by atoms with E-state index in [2.05, 4.69) is 26.5 Å². The minimum Gasteiger partial charge on any atom is -0.504 e. The van der Waals surface area contributed by atoms with Crippen LogP contribution in [0.4, 0.5) is 0 Å². The SMILES string of the molecule is COc1cc(Br)cc(/C=N/NC(=O)c2cccc(Cl)c2)c1O. The largest absolute Gasteiger partial charge is 0.504 e. The second-order valence-electron chi connectivity index (χ2n) is 4.26. The van der Waals surface area contributed by atoms with E-state index in [1.54, 1.807) is 30.3 Å². The lowest BCUT2D eigenvalue weighted by Crippen LogP contribution is -2.17. The number of nitrogens with zero attached hydrogens (tertiary/aromatic N) is 1. The van der Waals surface area contributed by atoms with E-state index in [1.165, 1.54) is 19.4 Å². The molecule has 22 heavy (non-hydrogen) atoms. The van der Waals surface area contributed by atoms with E-state index >= 15 is 0 Å². The van der Waals surface area contributed by atoms with Gasteiger partial charge in [-0.3, -0.25) is 4.79 Å². The normalized spacial score (nSPS) is 10.7. The van der Waals surface area contributed by atoms with Gasteiger partial charge in [0, 0.05) is 20.6 Å². The monoisotopic (exact) mass is 382 g/mol. The number of hydrogen-bond acceptors (Lipinski definition) is 4. The molecule has 2 aromatic rings. The number of rotatable bonds is 4. The Kier molecular flexibility index (Phi) is 5.41. The summed E-state index contributed by atoms with van der Waals surface area (Å²) in [5.41, 5.74) is 3.15. The lowest BCUT2D eigenvalue weighted by molar-refractivity contribution is 0.0955.